The van der Waals surface area contributed by atoms with E-state index in [9.17, 15) is 17.6 Å². The van der Waals surface area contributed by atoms with Gasteiger partial charge in [-0.05, 0) is 31.5 Å². The summed E-state index contributed by atoms with van der Waals surface area (Å²) in [5.41, 5.74) is -0.333. The lowest BCUT2D eigenvalue weighted by atomic mass is 10.2. The molecule has 0 bridgehead atoms. The number of carboxylic acid groups (broad SMARTS) is 1. The summed E-state index contributed by atoms with van der Waals surface area (Å²) < 4.78 is 39.5. The molecule has 1 rings (SSSR count). The number of carboxylic acids is 1. The second-order valence-electron chi connectivity index (χ2n) is 3.98. The van der Waals surface area contributed by atoms with E-state index >= 15 is 0 Å². The molecule has 0 aromatic heterocycles. The number of sulfonamides is 1. The fourth-order valence-corrected chi connectivity index (χ4v) is 2.77. The third-order valence-corrected chi connectivity index (χ3v) is 4.01. The van der Waals surface area contributed by atoms with Crippen LogP contribution in [0.3, 0.4) is 0 Å². The van der Waals surface area contributed by atoms with Gasteiger partial charge in [0.1, 0.15) is 10.7 Å². The van der Waals surface area contributed by atoms with Gasteiger partial charge in [0, 0.05) is 12.6 Å². The Bertz CT molecular complexity index is 572. The summed E-state index contributed by atoms with van der Waals surface area (Å²) in [7, 11) is -4.08. The Morgan fingerprint density at radius 1 is 1.47 bits per heavy atom. The van der Waals surface area contributed by atoms with Crippen molar-refractivity contribution in [3.05, 3.63) is 29.6 Å². The maximum Gasteiger partial charge on any atom is 0.335 e. The van der Waals surface area contributed by atoms with Crippen LogP contribution in [-0.2, 0) is 10.0 Å². The maximum atomic E-state index is 13.6. The van der Waals surface area contributed by atoms with Gasteiger partial charge in [-0.15, -0.1) is 0 Å². The van der Waals surface area contributed by atoms with E-state index in [0.717, 1.165) is 12.1 Å². The zero-order valence-electron chi connectivity index (χ0n) is 10.1. The van der Waals surface area contributed by atoms with Crippen LogP contribution in [-0.4, -0.2) is 37.2 Å². The van der Waals surface area contributed by atoms with Gasteiger partial charge in [-0.3, -0.25) is 0 Å². The quantitative estimate of drug-likeness (QED) is 0.711. The van der Waals surface area contributed by atoms with Crippen LogP contribution in [0.25, 0.3) is 0 Å². The van der Waals surface area contributed by atoms with E-state index in [1.165, 1.54) is 6.92 Å². The molecule has 1 aromatic carbocycles. The van der Waals surface area contributed by atoms with Crippen LogP contribution < -0.4 is 4.72 Å². The van der Waals surface area contributed by atoms with Crippen molar-refractivity contribution in [2.24, 2.45) is 0 Å². The van der Waals surface area contributed by atoms with Crippen LogP contribution >= 0.6 is 0 Å². The molecule has 8 heteroatoms. The van der Waals surface area contributed by atoms with Crippen molar-refractivity contribution >= 4 is 16.0 Å². The van der Waals surface area contributed by atoms with Crippen molar-refractivity contribution in [3.63, 3.8) is 0 Å². The molecule has 0 aliphatic heterocycles. The van der Waals surface area contributed by atoms with E-state index in [-0.39, 0.29) is 18.6 Å². The van der Waals surface area contributed by atoms with Gasteiger partial charge in [0.05, 0.1) is 5.56 Å². The summed E-state index contributed by atoms with van der Waals surface area (Å²) in [5, 5.41) is 17.3. The van der Waals surface area contributed by atoms with Gasteiger partial charge in [0.25, 0.3) is 0 Å². The molecule has 0 fully saturated rings. The van der Waals surface area contributed by atoms with Gasteiger partial charge in [-0.1, -0.05) is 0 Å². The summed E-state index contributed by atoms with van der Waals surface area (Å²) in [5.74, 6) is -2.48. The molecule has 0 amide bonds. The van der Waals surface area contributed by atoms with E-state index in [4.69, 9.17) is 10.2 Å². The molecule has 106 valence electrons. The molecular weight excluding hydrogens is 277 g/mol. The highest BCUT2D eigenvalue weighted by molar-refractivity contribution is 7.89. The number of hydrogen-bond donors (Lipinski definition) is 3. The smallest absolute Gasteiger partial charge is 0.335 e. The van der Waals surface area contributed by atoms with Gasteiger partial charge in [-0.2, -0.15) is 0 Å². The van der Waals surface area contributed by atoms with Crippen molar-refractivity contribution in [2.75, 3.05) is 6.61 Å². The maximum absolute atomic E-state index is 13.6. The number of carbonyl (C=O) groups is 1. The average molecular weight is 291 g/mol. The number of rotatable bonds is 6. The van der Waals surface area contributed by atoms with E-state index < -0.39 is 32.7 Å². The molecule has 0 heterocycles. The summed E-state index contributed by atoms with van der Waals surface area (Å²) >= 11 is 0. The van der Waals surface area contributed by atoms with Crippen LogP contribution in [0.15, 0.2) is 23.1 Å². The van der Waals surface area contributed by atoms with Crippen LogP contribution in [0.1, 0.15) is 23.7 Å². The SMILES string of the molecule is CC(CCO)NS(=O)(=O)c1ccc(C(=O)O)cc1F. The van der Waals surface area contributed by atoms with Crippen molar-refractivity contribution in [2.45, 2.75) is 24.3 Å². The summed E-state index contributed by atoms with van der Waals surface area (Å²) in [6.45, 7) is 1.32. The molecule has 6 nitrogen and oxygen atoms in total. The van der Waals surface area contributed by atoms with Gasteiger partial charge < -0.3 is 10.2 Å². The Morgan fingerprint density at radius 3 is 2.58 bits per heavy atom. The fourth-order valence-electron chi connectivity index (χ4n) is 1.43. The predicted octanol–water partition coefficient (Wildman–Crippen LogP) is 0.573. The number of hydrogen-bond acceptors (Lipinski definition) is 4. The van der Waals surface area contributed by atoms with Gasteiger partial charge >= 0.3 is 5.97 Å². The first kappa shape index (κ1) is 15.5. The minimum absolute atomic E-state index is 0.189. The first-order valence-corrected chi connectivity index (χ1v) is 6.92. The van der Waals surface area contributed by atoms with Gasteiger partial charge in [0.2, 0.25) is 10.0 Å². The Balaban J connectivity index is 3.05. The Kier molecular flexibility index (Phi) is 4.98. The third-order valence-electron chi connectivity index (χ3n) is 2.39. The second kappa shape index (κ2) is 6.09. The number of halogens is 1. The molecule has 19 heavy (non-hydrogen) atoms. The molecule has 3 N–H and O–H groups in total. The molecule has 0 saturated carbocycles. The molecule has 0 saturated heterocycles. The number of nitrogens with one attached hydrogen (secondary N) is 1. The van der Waals surface area contributed by atoms with Crippen molar-refractivity contribution in [1.29, 1.82) is 0 Å². The monoisotopic (exact) mass is 291 g/mol. The van der Waals surface area contributed by atoms with Crippen LogP contribution in [0.2, 0.25) is 0 Å². The zero-order valence-corrected chi connectivity index (χ0v) is 10.9. The molecule has 0 aliphatic rings. The third kappa shape index (κ3) is 3.98. The summed E-state index contributed by atoms with van der Waals surface area (Å²) in [6, 6.07) is 1.99. The van der Waals surface area contributed by atoms with Crippen molar-refractivity contribution in [3.8, 4) is 0 Å². The predicted molar refractivity (Wildman–Crippen MR) is 64.8 cm³/mol. The largest absolute Gasteiger partial charge is 0.478 e. The van der Waals surface area contributed by atoms with E-state index in [2.05, 4.69) is 4.72 Å². The summed E-state index contributed by atoms with van der Waals surface area (Å²) in [4.78, 5) is 9.99. The lowest BCUT2D eigenvalue weighted by Gasteiger charge is -2.13. The molecule has 1 aromatic rings. The van der Waals surface area contributed by atoms with Crippen molar-refractivity contribution < 1.29 is 27.8 Å². The molecule has 1 unspecified atom stereocenters. The Morgan fingerprint density at radius 2 is 2.11 bits per heavy atom. The highest BCUT2D eigenvalue weighted by atomic mass is 32.2. The van der Waals surface area contributed by atoms with Crippen LogP contribution in [0, 0.1) is 5.82 Å². The number of aromatic carboxylic acids is 1. The molecule has 0 spiro atoms. The second-order valence-corrected chi connectivity index (χ2v) is 5.67. The number of aliphatic hydroxyl groups excluding tert-OH is 1. The lowest BCUT2D eigenvalue weighted by Crippen LogP contribution is -2.33. The van der Waals surface area contributed by atoms with E-state index in [1.54, 1.807) is 0 Å². The molecule has 0 aliphatic carbocycles. The fraction of sp³-hybridized carbons (Fsp3) is 0.364. The molecule has 0 radical (unpaired) electrons. The minimum Gasteiger partial charge on any atom is -0.478 e. The highest BCUT2D eigenvalue weighted by Crippen LogP contribution is 2.16. The van der Waals surface area contributed by atoms with Gasteiger partial charge in [-0.25, -0.2) is 22.3 Å². The van der Waals surface area contributed by atoms with Crippen LogP contribution in [0.4, 0.5) is 4.39 Å². The minimum atomic E-state index is -4.08. The van der Waals surface area contributed by atoms with E-state index in [0.29, 0.717) is 6.07 Å². The first-order valence-electron chi connectivity index (χ1n) is 5.44. The van der Waals surface area contributed by atoms with Crippen molar-refractivity contribution in [1.82, 2.24) is 4.72 Å². The van der Waals surface area contributed by atoms with E-state index in [1.807, 2.05) is 0 Å². The van der Waals surface area contributed by atoms with Gasteiger partial charge in [0.15, 0.2) is 0 Å². The standard InChI is InChI=1S/C11H14FNO5S/c1-7(4-5-14)13-19(17,18)10-3-2-8(11(15)16)6-9(10)12/h2-3,6-7,13-14H,4-5H2,1H3,(H,15,16). The Hall–Kier alpha value is -1.51. The zero-order chi connectivity index (χ0) is 14.6. The molecule has 1 atom stereocenters. The normalized spacial score (nSPS) is 13.2. The topological polar surface area (TPSA) is 104 Å². The number of benzene rings is 1. The average Bonchev–Trinajstić information content (AvgIpc) is 2.27. The Labute approximate surface area is 109 Å². The molecular formula is C11H14FNO5S. The number of aliphatic hydroxyl groups is 1. The van der Waals surface area contributed by atoms with Crippen LogP contribution in [0.5, 0.6) is 0 Å². The first-order chi connectivity index (χ1) is 8.77. The highest BCUT2D eigenvalue weighted by Gasteiger charge is 2.22. The lowest BCUT2D eigenvalue weighted by molar-refractivity contribution is 0.0696. The summed E-state index contributed by atoms with van der Waals surface area (Å²) in [6.07, 6.45) is 0.189.